The van der Waals surface area contributed by atoms with Gasteiger partial charge in [-0.3, -0.25) is 19.1 Å². The van der Waals surface area contributed by atoms with Gasteiger partial charge in [-0.05, 0) is 75.4 Å². The number of benzene rings is 1. The lowest BCUT2D eigenvalue weighted by molar-refractivity contribution is -0.116. The van der Waals surface area contributed by atoms with Crippen molar-refractivity contribution in [3.8, 4) is 0 Å². The number of aryl methyl sites for hydroxylation is 3. The maximum Gasteiger partial charge on any atom is 0.263 e. The smallest absolute Gasteiger partial charge is 0.263 e. The Hall–Kier alpha value is -2.51. The van der Waals surface area contributed by atoms with E-state index < -0.39 is 0 Å². The number of nitrogens with zero attached hydrogens (tertiary/aromatic N) is 3. The normalized spacial score (nSPS) is 13.5. The van der Waals surface area contributed by atoms with Crippen molar-refractivity contribution in [2.75, 3.05) is 18.4 Å². The molecule has 1 aromatic carbocycles. The molecule has 6 nitrogen and oxygen atoms in total. The van der Waals surface area contributed by atoms with Crippen LogP contribution in [0.2, 0.25) is 0 Å². The summed E-state index contributed by atoms with van der Waals surface area (Å²) < 4.78 is 1.60. The highest BCUT2D eigenvalue weighted by atomic mass is 32.1. The Kier molecular flexibility index (Phi) is 6.76. The van der Waals surface area contributed by atoms with Crippen molar-refractivity contribution < 1.29 is 4.79 Å². The number of anilines is 1. The molecule has 1 N–H and O–H groups in total. The molecule has 0 radical (unpaired) electrons. The van der Waals surface area contributed by atoms with Crippen LogP contribution < -0.4 is 10.9 Å². The molecule has 3 aromatic rings. The van der Waals surface area contributed by atoms with Crippen molar-refractivity contribution in [1.29, 1.82) is 0 Å². The van der Waals surface area contributed by atoms with E-state index in [1.165, 1.54) is 11.3 Å². The van der Waals surface area contributed by atoms with E-state index >= 15 is 0 Å². The summed E-state index contributed by atoms with van der Waals surface area (Å²) in [7, 11) is 0. The second-order valence-electron chi connectivity index (χ2n) is 8.57. The fourth-order valence-electron chi connectivity index (χ4n) is 4.43. The molecule has 0 saturated heterocycles. The highest BCUT2D eigenvalue weighted by Gasteiger charge is 2.23. The zero-order valence-corrected chi connectivity index (χ0v) is 20.3. The maximum absolute atomic E-state index is 13.7. The van der Waals surface area contributed by atoms with Crippen LogP contribution in [0.5, 0.6) is 0 Å². The summed E-state index contributed by atoms with van der Waals surface area (Å²) in [6.07, 6.45) is 4.22. The van der Waals surface area contributed by atoms with Crippen molar-refractivity contribution in [3.63, 3.8) is 0 Å². The molecule has 32 heavy (non-hydrogen) atoms. The lowest BCUT2D eigenvalue weighted by Gasteiger charge is -2.20. The number of hydrogen-bond donors (Lipinski definition) is 1. The van der Waals surface area contributed by atoms with Gasteiger partial charge in [-0.25, -0.2) is 4.98 Å². The van der Waals surface area contributed by atoms with Gasteiger partial charge in [0, 0.05) is 10.6 Å². The van der Waals surface area contributed by atoms with Crippen molar-refractivity contribution in [2.45, 2.75) is 66.5 Å². The first-order valence-corrected chi connectivity index (χ1v) is 12.4. The predicted molar refractivity (Wildman–Crippen MR) is 132 cm³/mol. The van der Waals surface area contributed by atoms with Crippen LogP contribution in [0.1, 0.15) is 54.1 Å². The summed E-state index contributed by atoms with van der Waals surface area (Å²) >= 11 is 1.66. The molecule has 2 aromatic heterocycles. The number of rotatable bonds is 7. The zero-order valence-electron chi connectivity index (χ0n) is 19.5. The first-order chi connectivity index (χ1) is 15.4. The molecule has 4 rings (SSSR count). The third-order valence-electron chi connectivity index (χ3n) is 6.59. The van der Waals surface area contributed by atoms with Crippen LogP contribution in [-0.4, -0.2) is 33.4 Å². The summed E-state index contributed by atoms with van der Waals surface area (Å²) in [4.78, 5) is 36.0. The Bertz CT molecular complexity index is 1210. The van der Waals surface area contributed by atoms with Crippen LogP contribution in [-0.2, 0) is 30.7 Å². The second-order valence-corrected chi connectivity index (χ2v) is 9.65. The number of thiophene rings is 1. The van der Waals surface area contributed by atoms with Crippen LogP contribution in [0.25, 0.3) is 10.2 Å². The quantitative estimate of drug-likeness (QED) is 0.576. The molecule has 0 unspecified atom stereocenters. The van der Waals surface area contributed by atoms with Gasteiger partial charge in [-0.15, -0.1) is 11.3 Å². The topological polar surface area (TPSA) is 67.2 Å². The van der Waals surface area contributed by atoms with Crippen molar-refractivity contribution >= 4 is 33.1 Å². The Morgan fingerprint density at radius 1 is 1.19 bits per heavy atom. The molecule has 0 spiro atoms. The minimum absolute atomic E-state index is 0.0314. The number of amides is 1. The monoisotopic (exact) mass is 452 g/mol. The van der Waals surface area contributed by atoms with E-state index in [2.05, 4.69) is 24.1 Å². The van der Waals surface area contributed by atoms with Gasteiger partial charge in [-0.1, -0.05) is 26.0 Å². The molecule has 0 fully saturated rings. The van der Waals surface area contributed by atoms with Crippen molar-refractivity contribution in [1.82, 2.24) is 14.5 Å². The van der Waals surface area contributed by atoms with E-state index in [1.807, 2.05) is 32.0 Å². The minimum atomic E-state index is -0.202. The van der Waals surface area contributed by atoms with Gasteiger partial charge in [0.1, 0.15) is 17.2 Å². The van der Waals surface area contributed by atoms with Gasteiger partial charge in [0.25, 0.3) is 5.56 Å². The molecule has 0 aliphatic heterocycles. The average Bonchev–Trinajstić information content (AvgIpc) is 3.16. The van der Waals surface area contributed by atoms with Crippen molar-refractivity contribution in [2.24, 2.45) is 0 Å². The van der Waals surface area contributed by atoms with E-state index in [9.17, 15) is 9.59 Å². The Balaban J connectivity index is 1.74. The number of nitrogens with one attached hydrogen (secondary N) is 1. The lowest BCUT2D eigenvalue weighted by atomic mass is 9.97. The predicted octanol–water partition coefficient (Wildman–Crippen LogP) is 4.43. The number of carbonyl (C=O) groups excluding carboxylic acids is 1. The van der Waals surface area contributed by atoms with E-state index in [0.29, 0.717) is 12.4 Å². The Morgan fingerprint density at radius 3 is 2.69 bits per heavy atom. The number of hydrogen-bond acceptors (Lipinski definition) is 5. The van der Waals surface area contributed by atoms with Crippen LogP contribution in [0, 0.1) is 13.8 Å². The second kappa shape index (κ2) is 9.55. The van der Waals surface area contributed by atoms with Gasteiger partial charge in [-0.2, -0.15) is 0 Å². The summed E-state index contributed by atoms with van der Waals surface area (Å²) in [5, 5.41) is 3.73. The Labute approximate surface area is 193 Å². The summed E-state index contributed by atoms with van der Waals surface area (Å²) in [5.74, 6) is 0.466. The molecule has 1 aliphatic carbocycles. The highest BCUT2D eigenvalue weighted by Crippen LogP contribution is 2.34. The number of fused-ring (bicyclic) bond motifs is 3. The van der Waals surface area contributed by atoms with E-state index in [1.54, 1.807) is 15.9 Å². The molecule has 170 valence electrons. The van der Waals surface area contributed by atoms with Crippen LogP contribution in [0.15, 0.2) is 23.0 Å². The maximum atomic E-state index is 13.7. The fourth-order valence-corrected chi connectivity index (χ4v) is 5.70. The SMILES string of the molecule is CCN(CC)Cc1nc2sc3c(c2c(=O)n1CC(=O)Nc1cccc(C)c1C)CCCC3. The highest BCUT2D eigenvalue weighted by molar-refractivity contribution is 7.18. The first-order valence-electron chi connectivity index (χ1n) is 11.5. The zero-order chi connectivity index (χ0) is 22.8. The molecular weight excluding hydrogens is 420 g/mol. The molecular formula is C25H32N4O2S. The molecule has 2 heterocycles. The van der Waals surface area contributed by atoms with Gasteiger partial charge in [0.05, 0.1) is 11.9 Å². The number of carbonyl (C=O) groups is 1. The summed E-state index contributed by atoms with van der Waals surface area (Å²) in [5.41, 5.74) is 4.03. The fraction of sp³-hybridized carbons (Fsp3) is 0.480. The van der Waals surface area contributed by atoms with Gasteiger partial charge in [0.15, 0.2) is 0 Å². The van der Waals surface area contributed by atoms with Crippen molar-refractivity contribution in [3.05, 3.63) is 55.9 Å². The molecule has 0 bridgehead atoms. The van der Waals surface area contributed by atoms with Gasteiger partial charge >= 0.3 is 0 Å². The van der Waals surface area contributed by atoms with Crippen LogP contribution in [0.3, 0.4) is 0 Å². The standard InChI is InChI=1S/C25H32N4O2S/c1-5-28(6-2)14-21-27-24-23(18-11-7-8-13-20(18)32-24)25(31)29(21)15-22(30)26-19-12-9-10-16(3)17(19)4/h9-10,12H,5-8,11,13-15H2,1-4H3,(H,26,30). The average molecular weight is 453 g/mol. The van der Waals surface area contributed by atoms with E-state index in [4.69, 9.17) is 4.98 Å². The minimum Gasteiger partial charge on any atom is -0.324 e. The third kappa shape index (κ3) is 4.36. The Morgan fingerprint density at radius 2 is 1.94 bits per heavy atom. The third-order valence-corrected chi connectivity index (χ3v) is 7.78. The van der Waals surface area contributed by atoms with Gasteiger partial charge < -0.3 is 5.32 Å². The summed E-state index contributed by atoms with van der Waals surface area (Å²) in [6, 6.07) is 5.85. The van der Waals surface area contributed by atoms with Crippen LogP contribution in [0.4, 0.5) is 5.69 Å². The largest absolute Gasteiger partial charge is 0.324 e. The van der Waals surface area contributed by atoms with E-state index in [0.717, 1.165) is 64.9 Å². The lowest BCUT2D eigenvalue weighted by Crippen LogP contribution is -2.34. The molecule has 7 heteroatoms. The van der Waals surface area contributed by atoms with E-state index in [-0.39, 0.29) is 18.0 Å². The molecule has 0 saturated carbocycles. The van der Waals surface area contributed by atoms with Gasteiger partial charge in [0.2, 0.25) is 5.91 Å². The molecule has 1 amide bonds. The summed E-state index contributed by atoms with van der Waals surface area (Å²) in [6.45, 7) is 10.5. The van der Waals surface area contributed by atoms with Crippen LogP contribution >= 0.6 is 11.3 Å². The first kappa shape index (κ1) is 22.7. The molecule has 0 atom stereocenters. The molecule has 1 aliphatic rings. The number of aromatic nitrogens is 2.